The van der Waals surface area contributed by atoms with Crippen molar-refractivity contribution < 1.29 is 23.1 Å². The van der Waals surface area contributed by atoms with E-state index in [0.717, 1.165) is 16.5 Å². The van der Waals surface area contributed by atoms with Crippen molar-refractivity contribution in [3.8, 4) is 5.75 Å². The Labute approximate surface area is 155 Å². The van der Waals surface area contributed by atoms with Crippen LogP contribution in [0.15, 0.2) is 51.7 Å². The van der Waals surface area contributed by atoms with Crippen molar-refractivity contribution in [2.75, 3.05) is 0 Å². The second-order valence-corrected chi connectivity index (χ2v) is 6.30. The highest BCUT2D eigenvalue weighted by atomic mass is 19.1. The highest BCUT2D eigenvalue weighted by Gasteiger charge is 2.18. The van der Waals surface area contributed by atoms with Gasteiger partial charge in [-0.15, -0.1) is 0 Å². The number of benzene rings is 2. The molecule has 3 aromatic rings. The molecule has 1 aromatic heterocycles. The van der Waals surface area contributed by atoms with Gasteiger partial charge in [0.1, 0.15) is 23.8 Å². The lowest BCUT2D eigenvalue weighted by molar-refractivity contribution is -0.152. The number of halogens is 1. The van der Waals surface area contributed by atoms with E-state index in [1.165, 1.54) is 37.3 Å². The molecule has 0 saturated heterocycles. The van der Waals surface area contributed by atoms with Crippen LogP contribution in [-0.4, -0.2) is 12.1 Å². The number of aryl methyl sites for hydroxylation is 2. The van der Waals surface area contributed by atoms with Crippen molar-refractivity contribution in [2.45, 2.75) is 33.5 Å². The Morgan fingerprint density at radius 1 is 1.15 bits per heavy atom. The first-order chi connectivity index (χ1) is 12.8. The Morgan fingerprint density at radius 2 is 1.85 bits per heavy atom. The molecule has 1 atom stereocenters. The molecule has 0 aliphatic heterocycles. The molecule has 3 rings (SSSR count). The maximum absolute atomic E-state index is 12.9. The number of carbonyl (C=O) groups excluding carboxylic acids is 1. The van der Waals surface area contributed by atoms with Crippen LogP contribution >= 0.6 is 0 Å². The zero-order valence-electron chi connectivity index (χ0n) is 15.2. The molecule has 0 unspecified atom stereocenters. The van der Waals surface area contributed by atoms with Gasteiger partial charge in [-0.1, -0.05) is 12.1 Å². The van der Waals surface area contributed by atoms with Crippen LogP contribution in [0.4, 0.5) is 4.39 Å². The molecule has 0 N–H and O–H groups in total. The van der Waals surface area contributed by atoms with E-state index in [2.05, 4.69) is 0 Å². The lowest BCUT2D eigenvalue weighted by Gasteiger charge is -2.15. The Hall–Kier alpha value is -3.15. The Bertz CT molecular complexity index is 1040. The summed E-state index contributed by atoms with van der Waals surface area (Å²) in [4.78, 5) is 24.1. The molecule has 6 heteroatoms. The quantitative estimate of drug-likeness (QED) is 0.501. The Morgan fingerprint density at radius 3 is 2.56 bits per heavy atom. The van der Waals surface area contributed by atoms with Crippen molar-refractivity contribution >= 4 is 16.9 Å². The smallest absolute Gasteiger partial charge is 0.347 e. The summed E-state index contributed by atoms with van der Waals surface area (Å²) in [6.07, 6.45) is -0.883. The van der Waals surface area contributed by atoms with Crippen molar-refractivity contribution in [1.82, 2.24) is 0 Å². The average molecular weight is 370 g/mol. The van der Waals surface area contributed by atoms with Crippen LogP contribution in [0.1, 0.15) is 23.6 Å². The first-order valence-electron chi connectivity index (χ1n) is 8.47. The first kappa shape index (κ1) is 18.6. The SMILES string of the molecule is Cc1ccc2c(COC(=O)[C@@H](C)Oc3ccc(F)cc3)cc(=O)oc2c1C. The fourth-order valence-corrected chi connectivity index (χ4v) is 2.68. The topological polar surface area (TPSA) is 65.7 Å². The van der Waals surface area contributed by atoms with E-state index in [1.807, 2.05) is 26.0 Å². The normalized spacial score (nSPS) is 12.0. The summed E-state index contributed by atoms with van der Waals surface area (Å²) < 4.78 is 29.0. The molecule has 0 bridgehead atoms. The molecule has 140 valence electrons. The molecular formula is C21H19FO5. The molecular weight excluding hydrogens is 351 g/mol. The number of hydrogen-bond donors (Lipinski definition) is 0. The van der Waals surface area contributed by atoms with Gasteiger partial charge in [0.25, 0.3) is 0 Å². The molecule has 0 fully saturated rings. The Balaban J connectivity index is 1.74. The molecule has 2 aromatic carbocycles. The zero-order valence-corrected chi connectivity index (χ0v) is 15.2. The van der Waals surface area contributed by atoms with E-state index in [9.17, 15) is 14.0 Å². The molecule has 0 saturated carbocycles. The number of hydrogen-bond acceptors (Lipinski definition) is 5. The lowest BCUT2D eigenvalue weighted by Crippen LogP contribution is -2.26. The minimum absolute atomic E-state index is 0.0828. The molecule has 1 heterocycles. The lowest BCUT2D eigenvalue weighted by atomic mass is 10.0. The fourth-order valence-electron chi connectivity index (χ4n) is 2.68. The van der Waals surface area contributed by atoms with Gasteiger partial charge in [-0.2, -0.15) is 0 Å². The third kappa shape index (κ3) is 4.16. The van der Waals surface area contributed by atoms with Crippen LogP contribution in [0, 0.1) is 19.7 Å². The van der Waals surface area contributed by atoms with Gasteiger partial charge in [-0.25, -0.2) is 14.0 Å². The molecule has 0 amide bonds. The molecule has 5 nitrogen and oxygen atoms in total. The van der Waals surface area contributed by atoms with Gasteiger partial charge in [-0.3, -0.25) is 0 Å². The predicted octanol–water partition coefficient (Wildman–Crippen LogP) is 4.06. The summed E-state index contributed by atoms with van der Waals surface area (Å²) in [7, 11) is 0. The number of rotatable bonds is 5. The average Bonchev–Trinajstić information content (AvgIpc) is 2.64. The first-order valence-corrected chi connectivity index (χ1v) is 8.47. The third-order valence-electron chi connectivity index (χ3n) is 4.35. The van der Waals surface area contributed by atoms with Gasteiger partial charge in [0.15, 0.2) is 6.10 Å². The summed E-state index contributed by atoms with van der Waals surface area (Å²) in [6, 6.07) is 10.4. The van der Waals surface area contributed by atoms with Gasteiger partial charge >= 0.3 is 11.6 Å². The summed E-state index contributed by atoms with van der Waals surface area (Å²) in [5.41, 5.74) is 2.42. The number of carbonyl (C=O) groups is 1. The van der Waals surface area contributed by atoms with Gasteiger partial charge in [0, 0.05) is 17.0 Å². The van der Waals surface area contributed by atoms with Crippen molar-refractivity contribution in [1.29, 1.82) is 0 Å². The van der Waals surface area contributed by atoms with E-state index in [4.69, 9.17) is 13.9 Å². The van der Waals surface area contributed by atoms with Crippen LogP contribution in [0.5, 0.6) is 5.75 Å². The van der Waals surface area contributed by atoms with Crippen molar-refractivity contribution in [3.05, 3.63) is 75.4 Å². The van der Waals surface area contributed by atoms with Crippen LogP contribution in [-0.2, 0) is 16.1 Å². The zero-order chi connectivity index (χ0) is 19.6. The van der Waals surface area contributed by atoms with Crippen LogP contribution in [0.25, 0.3) is 11.0 Å². The van der Waals surface area contributed by atoms with Crippen LogP contribution < -0.4 is 10.4 Å². The summed E-state index contributed by atoms with van der Waals surface area (Å²) >= 11 is 0. The number of fused-ring (bicyclic) bond motifs is 1. The van der Waals surface area contributed by atoms with Gasteiger partial charge in [0.05, 0.1) is 0 Å². The van der Waals surface area contributed by atoms with Gasteiger partial charge in [0.2, 0.25) is 0 Å². The summed E-state index contributed by atoms with van der Waals surface area (Å²) in [5.74, 6) is -0.625. The number of esters is 1. The van der Waals surface area contributed by atoms with E-state index < -0.39 is 23.5 Å². The Kier molecular flexibility index (Phi) is 5.26. The molecule has 27 heavy (non-hydrogen) atoms. The summed E-state index contributed by atoms with van der Waals surface area (Å²) in [6.45, 7) is 5.25. The third-order valence-corrected chi connectivity index (χ3v) is 4.35. The predicted molar refractivity (Wildman–Crippen MR) is 98.2 cm³/mol. The van der Waals surface area contributed by atoms with E-state index in [-0.39, 0.29) is 6.61 Å². The highest BCUT2D eigenvalue weighted by Crippen LogP contribution is 2.24. The van der Waals surface area contributed by atoms with E-state index >= 15 is 0 Å². The van der Waals surface area contributed by atoms with Gasteiger partial charge < -0.3 is 13.9 Å². The molecule has 0 aliphatic carbocycles. The maximum atomic E-state index is 12.9. The largest absolute Gasteiger partial charge is 0.479 e. The second kappa shape index (κ2) is 7.61. The van der Waals surface area contributed by atoms with Crippen molar-refractivity contribution in [3.63, 3.8) is 0 Å². The van der Waals surface area contributed by atoms with E-state index in [0.29, 0.717) is 16.9 Å². The minimum Gasteiger partial charge on any atom is -0.479 e. The van der Waals surface area contributed by atoms with Crippen LogP contribution in [0.2, 0.25) is 0 Å². The number of ether oxygens (including phenoxy) is 2. The van der Waals surface area contributed by atoms with E-state index in [1.54, 1.807) is 0 Å². The highest BCUT2D eigenvalue weighted by molar-refractivity contribution is 5.84. The monoisotopic (exact) mass is 370 g/mol. The standard InChI is InChI=1S/C21H19FO5/c1-12-4-9-18-15(10-19(23)27-20(18)13(12)2)11-25-21(24)14(3)26-17-7-5-16(22)6-8-17/h4-10,14H,11H2,1-3H3/t14-/m1/s1. The van der Waals surface area contributed by atoms with Gasteiger partial charge in [-0.05, 0) is 56.2 Å². The van der Waals surface area contributed by atoms with Crippen LogP contribution in [0.3, 0.4) is 0 Å². The molecule has 0 aliphatic rings. The fraction of sp³-hybridized carbons (Fsp3) is 0.238. The second-order valence-electron chi connectivity index (χ2n) is 6.30. The summed E-state index contributed by atoms with van der Waals surface area (Å²) in [5, 5.41) is 0.720. The molecule has 0 spiro atoms. The molecule has 0 radical (unpaired) electrons. The van der Waals surface area contributed by atoms with Crippen molar-refractivity contribution in [2.24, 2.45) is 0 Å². The maximum Gasteiger partial charge on any atom is 0.347 e. The minimum atomic E-state index is -0.883.